The van der Waals surface area contributed by atoms with E-state index in [1.807, 2.05) is 19.1 Å². The Morgan fingerprint density at radius 1 is 1.17 bits per heavy atom. The van der Waals surface area contributed by atoms with E-state index in [4.69, 9.17) is 4.74 Å². The Morgan fingerprint density at radius 2 is 1.94 bits per heavy atom. The van der Waals surface area contributed by atoms with Gasteiger partial charge < -0.3 is 9.30 Å². The van der Waals surface area contributed by atoms with Crippen molar-refractivity contribution in [1.82, 2.24) is 4.57 Å². The van der Waals surface area contributed by atoms with Gasteiger partial charge in [-0.2, -0.15) is 0 Å². The van der Waals surface area contributed by atoms with Gasteiger partial charge in [0.25, 0.3) is 0 Å². The van der Waals surface area contributed by atoms with Gasteiger partial charge in [0.15, 0.2) is 0 Å². The first kappa shape index (κ1) is 12.8. The van der Waals surface area contributed by atoms with Gasteiger partial charge in [-0.1, -0.05) is 0 Å². The quantitative estimate of drug-likeness (QED) is 0.813. The molecule has 4 heteroatoms. The van der Waals surface area contributed by atoms with E-state index in [1.54, 1.807) is 11.7 Å². The van der Waals surface area contributed by atoms with Gasteiger partial charge in [-0.15, -0.1) is 0 Å². The molecule has 0 saturated heterocycles. The molecule has 0 aliphatic heterocycles. The summed E-state index contributed by atoms with van der Waals surface area (Å²) in [6.07, 6.45) is 0.682. The number of ether oxygens (including phenoxy) is 1. The molecule has 0 unspecified atom stereocenters. The SMILES string of the molecule is COCCc1ccc(C)n1-c1ccc(F)cc1F. The zero-order valence-corrected chi connectivity index (χ0v) is 10.4. The fraction of sp³-hybridized carbons (Fsp3) is 0.286. The summed E-state index contributed by atoms with van der Waals surface area (Å²) in [4.78, 5) is 0. The number of nitrogens with zero attached hydrogens (tertiary/aromatic N) is 1. The third-order valence-electron chi connectivity index (χ3n) is 2.87. The zero-order chi connectivity index (χ0) is 13.1. The predicted octanol–water partition coefficient (Wildman–Crippen LogP) is 3.25. The molecule has 0 fully saturated rings. The number of hydrogen-bond donors (Lipinski definition) is 0. The Hall–Kier alpha value is -1.68. The van der Waals surface area contributed by atoms with Gasteiger partial charge in [-0.05, 0) is 31.2 Å². The van der Waals surface area contributed by atoms with Crippen LogP contribution in [-0.2, 0) is 11.2 Å². The van der Waals surface area contributed by atoms with Crippen molar-refractivity contribution in [1.29, 1.82) is 0 Å². The van der Waals surface area contributed by atoms with E-state index in [1.165, 1.54) is 12.1 Å². The van der Waals surface area contributed by atoms with Gasteiger partial charge in [-0.3, -0.25) is 0 Å². The van der Waals surface area contributed by atoms with Crippen LogP contribution in [0.4, 0.5) is 8.78 Å². The van der Waals surface area contributed by atoms with Gasteiger partial charge in [0, 0.05) is 31.0 Å². The van der Waals surface area contributed by atoms with E-state index < -0.39 is 11.6 Å². The summed E-state index contributed by atoms with van der Waals surface area (Å²) >= 11 is 0. The van der Waals surface area contributed by atoms with Crippen LogP contribution in [0.2, 0.25) is 0 Å². The third kappa shape index (κ3) is 2.43. The smallest absolute Gasteiger partial charge is 0.150 e. The van der Waals surface area contributed by atoms with E-state index in [0.29, 0.717) is 18.7 Å². The van der Waals surface area contributed by atoms with Crippen LogP contribution >= 0.6 is 0 Å². The lowest BCUT2D eigenvalue weighted by molar-refractivity contribution is 0.201. The molecule has 2 aromatic rings. The minimum atomic E-state index is -0.570. The normalized spacial score (nSPS) is 10.9. The summed E-state index contributed by atoms with van der Waals surface area (Å²) in [5.74, 6) is -1.13. The first-order valence-electron chi connectivity index (χ1n) is 5.75. The fourth-order valence-electron chi connectivity index (χ4n) is 2.00. The summed E-state index contributed by atoms with van der Waals surface area (Å²) in [6.45, 7) is 2.45. The van der Waals surface area contributed by atoms with E-state index in [-0.39, 0.29) is 0 Å². The van der Waals surface area contributed by atoms with Crippen LogP contribution in [0.15, 0.2) is 30.3 Å². The molecule has 96 valence electrons. The van der Waals surface area contributed by atoms with Crippen LogP contribution in [0.25, 0.3) is 5.69 Å². The van der Waals surface area contributed by atoms with Crippen molar-refractivity contribution < 1.29 is 13.5 Å². The van der Waals surface area contributed by atoms with Gasteiger partial charge in [0.1, 0.15) is 11.6 Å². The minimum Gasteiger partial charge on any atom is -0.384 e. The number of benzene rings is 1. The number of aryl methyl sites for hydroxylation is 1. The van der Waals surface area contributed by atoms with Crippen molar-refractivity contribution in [2.75, 3.05) is 13.7 Å². The van der Waals surface area contributed by atoms with Crippen LogP contribution in [0, 0.1) is 18.6 Å². The molecule has 1 aromatic heterocycles. The van der Waals surface area contributed by atoms with Crippen molar-refractivity contribution in [3.05, 3.63) is 53.4 Å². The van der Waals surface area contributed by atoms with E-state index in [9.17, 15) is 8.78 Å². The molecule has 0 aliphatic carbocycles. The molecule has 2 rings (SSSR count). The molecule has 1 aromatic carbocycles. The molecule has 0 amide bonds. The number of halogens is 2. The molecule has 0 aliphatic rings. The fourth-order valence-corrected chi connectivity index (χ4v) is 2.00. The lowest BCUT2D eigenvalue weighted by Crippen LogP contribution is -2.07. The van der Waals surface area contributed by atoms with Gasteiger partial charge in [0.05, 0.1) is 12.3 Å². The van der Waals surface area contributed by atoms with Crippen LogP contribution < -0.4 is 0 Å². The number of methoxy groups -OCH3 is 1. The van der Waals surface area contributed by atoms with Crippen LogP contribution in [-0.4, -0.2) is 18.3 Å². The predicted molar refractivity (Wildman–Crippen MR) is 66.0 cm³/mol. The first-order valence-corrected chi connectivity index (χ1v) is 5.75. The Balaban J connectivity index is 2.45. The molecule has 18 heavy (non-hydrogen) atoms. The summed E-state index contributed by atoms with van der Waals surface area (Å²) in [7, 11) is 1.62. The lowest BCUT2D eigenvalue weighted by Gasteiger charge is -2.12. The Kier molecular flexibility index (Phi) is 3.77. The van der Waals surface area contributed by atoms with E-state index >= 15 is 0 Å². The second-order valence-corrected chi connectivity index (χ2v) is 4.14. The molecule has 0 bridgehead atoms. The van der Waals surface area contributed by atoms with Crippen molar-refractivity contribution >= 4 is 0 Å². The van der Waals surface area contributed by atoms with Gasteiger partial charge in [0.2, 0.25) is 0 Å². The molecule has 0 radical (unpaired) electrons. The number of hydrogen-bond acceptors (Lipinski definition) is 1. The third-order valence-corrected chi connectivity index (χ3v) is 2.87. The van der Waals surface area contributed by atoms with Gasteiger partial charge >= 0.3 is 0 Å². The zero-order valence-electron chi connectivity index (χ0n) is 10.4. The van der Waals surface area contributed by atoms with E-state index in [0.717, 1.165) is 17.5 Å². The van der Waals surface area contributed by atoms with Crippen LogP contribution in [0.3, 0.4) is 0 Å². The highest BCUT2D eigenvalue weighted by molar-refractivity contribution is 5.39. The van der Waals surface area contributed by atoms with Crippen molar-refractivity contribution in [2.45, 2.75) is 13.3 Å². The molecule has 0 spiro atoms. The molecular formula is C14H15F2NO. The molecule has 0 saturated carbocycles. The summed E-state index contributed by atoms with van der Waals surface area (Å²) < 4.78 is 33.5. The molecule has 1 heterocycles. The lowest BCUT2D eigenvalue weighted by atomic mass is 10.2. The van der Waals surface area contributed by atoms with Crippen LogP contribution in [0.5, 0.6) is 0 Å². The van der Waals surface area contributed by atoms with Crippen molar-refractivity contribution in [3.63, 3.8) is 0 Å². The Bertz CT molecular complexity index is 549. The maximum Gasteiger partial charge on any atom is 0.150 e. The highest BCUT2D eigenvalue weighted by Crippen LogP contribution is 2.21. The number of rotatable bonds is 4. The largest absolute Gasteiger partial charge is 0.384 e. The molecular weight excluding hydrogens is 236 g/mol. The summed E-state index contributed by atoms with van der Waals surface area (Å²) in [6, 6.07) is 7.45. The summed E-state index contributed by atoms with van der Waals surface area (Å²) in [5, 5.41) is 0. The molecule has 0 atom stereocenters. The second-order valence-electron chi connectivity index (χ2n) is 4.14. The summed E-state index contributed by atoms with van der Waals surface area (Å²) in [5.41, 5.74) is 2.22. The molecule has 0 N–H and O–H groups in total. The molecule has 2 nitrogen and oxygen atoms in total. The average molecular weight is 251 g/mol. The maximum atomic E-state index is 13.8. The minimum absolute atomic E-state index is 0.366. The Labute approximate surface area is 105 Å². The average Bonchev–Trinajstić information content (AvgIpc) is 2.68. The number of aromatic nitrogens is 1. The highest BCUT2D eigenvalue weighted by Gasteiger charge is 2.11. The van der Waals surface area contributed by atoms with Crippen molar-refractivity contribution in [2.24, 2.45) is 0 Å². The van der Waals surface area contributed by atoms with Crippen molar-refractivity contribution in [3.8, 4) is 5.69 Å². The topological polar surface area (TPSA) is 14.2 Å². The first-order chi connectivity index (χ1) is 8.63. The second kappa shape index (κ2) is 5.31. The van der Waals surface area contributed by atoms with Crippen LogP contribution in [0.1, 0.15) is 11.4 Å². The standard InChI is InChI=1S/C14H15F2NO/c1-10-3-5-12(7-8-18-2)17(10)14-6-4-11(15)9-13(14)16/h3-6,9H,7-8H2,1-2H3. The maximum absolute atomic E-state index is 13.8. The Morgan fingerprint density at radius 3 is 2.61 bits per heavy atom. The monoisotopic (exact) mass is 251 g/mol. The highest BCUT2D eigenvalue weighted by atomic mass is 19.1. The van der Waals surface area contributed by atoms with Gasteiger partial charge in [-0.25, -0.2) is 8.78 Å². The van der Waals surface area contributed by atoms with E-state index in [2.05, 4.69) is 0 Å².